The lowest BCUT2D eigenvalue weighted by atomic mass is 9.93. The summed E-state index contributed by atoms with van der Waals surface area (Å²) in [7, 11) is -3.29. The largest absolute Gasteiger partial charge is 0.495 e. The molecule has 330 valence electrons. The Kier molecular flexibility index (Phi) is 20.8. The number of benzene rings is 1. The Morgan fingerprint density at radius 2 is 1.61 bits per heavy atom. The standard InChI is InChI=1S/C42H65ClN5O10P/c1-4-5-6-7-8-9-10-11-12-13-14-15-16-17-18-19-22-54-27-33(55-26-31-23-32(25-44)38(43)35(24-31)53-3)28-56-59(51,52)57-29-36-39(49)40(50)42(2,58-36)37-21-20-34-41(45)46-30-47-48(34)37/h20-21,23-24,30,33,36,39-40,49-50H,4-19,22,26-29H2,1-3H3,(H,51,52)(H2,45,46,47)/t33-,36-,39-,40-,42+/m1/s1. The van der Waals surface area contributed by atoms with Crippen molar-refractivity contribution in [2.24, 2.45) is 0 Å². The summed E-state index contributed by atoms with van der Waals surface area (Å²) < 4.78 is 48.5. The first-order valence-corrected chi connectivity index (χ1v) is 23.0. The van der Waals surface area contributed by atoms with Crippen LogP contribution < -0.4 is 10.5 Å². The molecule has 15 nitrogen and oxygen atoms in total. The number of ether oxygens (including phenoxy) is 4. The van der Waals surface area contributed by atoms with E-state index in [0.717, 1.165) is 19.3 Å². The van der Waals surface area contributed by atoms with Crippen LogP contribution in [-0.4, -0.2) is 87.7 Å². The molecular weight excluding hydrogens is 801 g/mol. The number of aliphatic hydroxyl groups is 2. The van der Waals surface area contributed by atoms with Crippen molar-refractivity contribution in [2.75, 3.05) is 39.3 Å². The number of halogens is 1. The van der Waals surface area contributed by atoms with Crippen molar-refractivity contribution in [1.82, 2.24) is 14.6 Å². The number of phosphoric ester groups is 1. The number of fused-ring (bicyclic) bond motifs is 1. The van der Waals surface area contributed by atoms with Crippen LogP contribution in [0.5, 0.6) is 5.75 Å². The Hall–Kier alpha value is -2.87. The van der Waals surface area contributed by atoms with E-state index >= 15 is 0 Å². The smallest absolute Gasteiger partial charge is 0.472 e. The van der Waals surface area contributed by atoms with Gasteiger partial charge in [0.15, 0.2) is 5.82 Å². The Bertz CT molecular complexity index is 1800. The van der Waals surface area contributed by atoms with Crippen LogP contribution in [0.4, 0.5) is 5.82 Å². The average Bonchev–Trinajstić information content (AvgIpc) is 3.77. The van der Waals surface area contributed by atoms with Gasteiger partial charge >= 0.3 is 7.82 Å². The highest BCUT2D eigenvalue weighted by Crippen LogP contribution is 2.46. The van der Waals surface area contributed by atoms with Crippen LogP contribution in [0.15, 0.2) is 30.6 Å². The first kappa shape index (κ1) is 48.8. The number of methoxy groups -OCH3 is 1. The van der Waals surface area contributed by atoms with Crippen LogP contribution in [0.3, 0.4) is 0 Å². The van der Waals surface area contributed by atoms with E-state index in [1.165, 1.54) is 101 Å². The SMILES string of the molecule is CCCCCCCCCCCCCCCCCCOC[C@H](COP(=O)(O)OC[C@H]1O[C@@](C)(c2ccc3c(N)ncnn23)[C@H](O)[C@@H]1O)OCc1cc(C#N)c(Cl)c(OC)c1. The van der Waals surface area contributed by atoms with Gasteiger partial charge in [-0.05, 0) is 43.2 Å². The van der Waals surface area contributed by atoms with Gasteiger partial charge in [-0.15, -0.1) is 0 Å². The topological polar surface area (TPSA) is 213 Å². The van der Waals surface area contributed by atoms with Gasteiger partial charge in [-0.1, -0.05) is 115 Å². The van der Waals surface area contributed by atoms with Crippen molar-refractivity contribution in [3.05, 3.63) is 52.4 Å². The molecule has 0 spiro atoms. The van der Waals surface area contributed by atoms with Crippen LogP contribution in [0.1, 0.15) is 133 Å². The van der Waals surface area contributed by atoms with Crippen molar-refractivity contribution in [2.45, 2.75) is 153 Å². The number of aromatic nitrogens is 3. The number of rotatable bonds is 30. The van der Waals surface area contributed by atoms with Crippen LogP contribution in [0.25, 0.3) is 5.52 Å². The highest BCUT2D eigenvalue weighted by molar-refractivity contribution is 7.47. The first-order valence-electron chi connectivity index (χ1n) is 21.1. The van der Waals surface area contributed by atoms with E-state index in [9.17, 15) is 24.9 Å². The zero-order valence-corrected chi connectivity index (χ0v) is 36.6. The minimum absolute atomic E-state index is 0.00119. The third-order valence-electron chi connectivity index (χ3n) is 10.9. The molecule has 1 fully saturated rings. The van der Waals surface area contributed by atoms with Crippen LogP contribution in [-0.2, 0) is 40.0 Å². The van der Waals surface area contributed by atoms with Crippen molar-refractivity contribution >= 4 is 30.8 Å². The van der Waals surface area contributed by atoms with Gasteiger partial charge in [-0.2, -0.15) is 10.4 Å². The second-order valence-electron chi connectivity index (χ2n) is 15.5. The van der Waals surface area contributed by atoms with Crippen LogP contribution in [0.2, 0.25) is 5.02 Å². The van der Waals surface area contributed by atoms with E-state index in [1.807, 2.05) is 6.07 Å². The Morgan fingerprint density at radius 3 is 2.22 bits per heavy atom. The summed E-state index contributed by atoms with van der Waals surface area (Å²) in [6.07, 6.45) is 16.6. The number of nitrogens with zero attached hydrogens (tertiary/aromatic N) is 4. The van der Waals surface area contributed by atoms with E-state index in [4.69, 9.17) is 45.3 Å². The van der Waals surface area contributed by atoms with Crippen molar-refractivity contribution in [3.8, 4) is 11.8 Å². The van der Waals surface area contributed by atoms with Crippen molar-refractivity contribution < 1.29 is 47.7 Å². The predicted molar refractivity (Wildman–Crippen MR) is 225 cm³/mol. The summed E-state index contributed by atoms with van der Waals surface area (Å²) in [5.74, 6) is 0.527. The highest BCUT2D eigenvalue weighted by Gasteiger charge is 2.54. The lowest BCUT2D eigenvalue weighted by Crippen LogP contribution is -2.39. The molecule has 6 atom stereocenters. The fourth-order valence-corrected chi connectivity index (χ4v) is 8.33. The number of hydrogen-bond acceptors (Lipinski definition) is 13. The van der Waals surface area contributed by atoms with Crippen LogP contribution in [0, 0.1) is 11.3 Å². The van der Waals surface area contributed by atoms with Gasteiger partial charge in [-0.3, -0.25) is 9.05 Å². The maximum absolute atomic E-state index is 13.1. The summed E-state index contributed by atoms with van der Waals surface area (Å²) in [6.45, 7) is 3.40. The van der Waals surface area contributed by atoms with E-state index in [-0.39, 0.29) is 36.2 Å². The molecule has 0 saturated carbocycles. The first-order chi connectivity index (χ1) is 28.4. The van der Waals surface area contributed by atoms with E-state index in [1.54, 1.807) is 31.2 Å². The number of phosphoric acid groups is 1. The van der Waals surface area contributed by atoms with Gasteiger partial charge in [0.05, 0.1) is 44.8 Å². The summed E-state index contributed by atoms with van der Waals surface area (Å²) in [5.41, 5.74) is 6.16. The van der Waals surface area contributed by atoms with E-state index in [2.05, 4.69) is 17.0 Å². The number of nitrogen functional groups attached to an aromatic ring is 1. The molecule has 0 bridgehead atoms. The molecule has 0 aliphatic carbocycles. The predicted octanol–water partition coefficient (Wildman–Crippen LogP) is 8.18. The Balaban J connectivity index is 1.21. The molecule has 3 heterocycles. The summed E-state index contributed by atoms with van der Waals surface area (Å²) in [4.78, 5) is 14.6. The second-order valence-corrected chi connectivity index (χ2v) is 17.3. The number of nitriles is 1. The van der Waals surface area contributed by atoms with Crippen LogP contribution >= 0.6 is 19.4 Å². The molecule has 0 amide bonds. The summed E-state index contributed by atoms with van der Waals surface area (Å²) in [6, 6.07) is 8.56. The molecular formula is C42H65ClN5O10P. The molecule has 5 N–H and O–H groups in total. The zero-order chi connectivity index (χ0) is 42.7. The lowest BCUT2D eigenvalue weighted by Gasteiger charge is -2.27. The molecule has 1 aliphatic heterocycles. The molecule has 1 unspecified atom stereocenters. The monoisotopic (exact) mass is 865 g/mol. The maximum atomic E-state index is 13.1. The molecule has 2 aromatic heterocycles. The third kappa shape index (κ3) is 14.9. The second kappa shape index (κ2) is 25.2. The fourth-order valence-electron chi connectivity index (χ4n) is 7.33. The lowest BCUT2D eigenvalue weighted by molar-refractivity contribution is -0.0901. The Morgan fingerprint density at radius 1 is 0.983 bits per heavy atom. The molecule has 1 aromatic carbocycles. The van der Waals surface area contributed by atoms with Gasteiger partial charge in [0.2, 0.25) is 0 Å². The van der Waals surface area contributed by atoms with E-state index in [0.29, 0.717) is 29.1 Å². The normalized spacial score (nSPS) is 20.8. The molecule has 0 radical (unpaired) electrons. The minimum atomic E-state index is -4.73. The molecule has 4 rings (SSSR count). The molecule has 59 heavy (non-hydrogen) atoms. The van der Waals surface area contributed by atoms with Gasteiger partial charge in [0.25, 0.3) is 0 Å². The number of nitrogens with two attached hydrogens (primary N) is 1. The molecule has 1 saturated heterocycles. The van der Waals surface area contributed by atoms with Gasteiger partial charge < -0.3 is 39.8 Å². The average molecular weight is 866 g/mol. The molecule has 17 heteroatoms. The minimum Gasteiger partial charge on any atom is -0.495 e. The summed E-state index contributed by atoms with van der Waals surface area (Å²) >= 11 is 6.25. The number of anilines is 1. The Labute approximate surface area is 354 Å². The third-order valence-corrected chi connectivity index (χ3v) is 12.2. The zero-order valence-electron chi connectivity index (χ0n) is 34.9. The summed E-state index contributed by atoms with van der Waals surface area (Å²) in [5, 5.41) is 35.8. The van der Waals surface area contributed by atoms with E-state index < -0.39 is 44.4 Å². The fraction of sp³-hybridized carbons (Fsp3) is 0.690. The van der Waals surface area contributed by atoms with Gasteiger partial charge in [0, 0.05) is 6.61 Å². The highest BCUT2D eigenvalue weighted by atomic mass is 35.5. The van der Waals surface area contributed by atoms with Crippen molar-refractivity contribution in [3.63, 3.8) is 0 Å². The number of aliphatic hydroxyl groups excluding tert-OH is 2. The van der Waals surface area contributed by atoms with Crippen molar-refractivity contribution in [1.29, 1.82) is 5.26 Å². The molecule has 3 aromatic rings. The maximum Gasteiger partial charge on any atom is 0.472 e. The number of hydrogen-bond donors (Lipinski definition) is 4. The quantitative estimate of drug-likeness (QED) is 0.0368. The number of unbranched alkanes of at least 4 members (excludes halogenated alkanes) is 15. The van der Waals surface area contributed by atoms with Gasteiger partial charge in [0.1, 0.15) is 58.7 Å². The van der Waals surface area contributed by atoms with Gasteiger partial charge in [-0.25, -0.2) is 14.1 Å². The molecule has 1 aliphatic rings.